The molecule has 8 heteroatoms. The second-order valence-corrected chi connectivity index (χ2v) is 9.34. The maximum atomic E-state index is 13.4. The molecule has 1 aliphatic heterocycles. The van der Waals surface area contributed by atoms with E-state index in [1.165, 1.54) is 23.9 Å². The molecule has 6 nitrogen and oxygen atoms in total. The van der Waals surface area contributed by atoms with Crippen LogP contribution >= 0.6 is 23.4 Å². The van der Waals surface area contributed by atoms with E-state index in [2.05, 4.69) is 0 Å². The number of aromatic carboxylic acids is 1. The Kier molecular flexibility index (Phi) is 6.75. The molecule has 0 spiro atoms. The van der Waals surface area contributed by atoms with Crippen LogP contribution in [0.3, 0.4) is 0 Å². The van der Waals surface area contributed by atoms with Gasteiger partial charge < -0.3 is 9.52 Å². The number of carboxylic acids is 1. The van der Waals surface area contributed by atoms with Gasteiger partial charge in [-0.25, -0.2) is 9.79 Å². The number of halogens is 1. The van der Waals surface area contributed by atoms with Gasteiger partial charge in [-0.3, -0.25) is 9.69 Å². The Morgan fingerprint density at radius 1 is 1.00 bits per heavy atom. The van der Waals surface area contributed by atoms with Crippen LogP contribution in [0.4, 0.5) is 5.69 Å². The number of carboxylic acid groups (broad SMARTS) is 1. The third-order valence-corrected chi connectivity index (χ3v) is 6.77. The first-order chi connectivity index (χ1) is 17.5. The number of hydrogen-bond acceptors (Lipinski definition) is 5. The Labute approximate surface area is 216 Å². The molecule has 0 radical (unpaired) electrons. The summed E-state index contributed by atoms with van der Waals surface area (Å²) in [6, 6.07) is 27.4. The van der Waals surface area contributed by atoms with Crippen molar-refractivity contribution >= 4 is 52.2 Å². The van der Waals surface area contributed by atoms with E-state index < -0.39 is 5.97 Å². The standard InChI is InChI=1S/C28H19ClN2O4S/c29-23-13-11-19(15-22(23)27(33)34)24-14-12-21(35-24)16-25-26(32)31(17-18-7-3-1-4-8-18)28(36-25)30-20-9-5-2-6-10-20/h1-16H,17H2,(H,33,34)/b25-16+,30-28?. The van der Waals surface area contributed by atoms with Crippen molar-refractivity contribution in [1.82, 2.24) is 4.90 Å². The molecule has 1 saturated heterocycles. The van der Waals surface area contributed by atoms with E-state index in [9.17, 15) is 14.7 Å². The predicted molar refractivity (Wildman–Crippen MR) is 142 cm³/mol. The van der Waals surface area contributed by atoms with Crippen molar-refractivity contribution in [2.75, 3.05) is 0 Å². The monoisotopic (exact) mass is 514 g/mol. The van der Waals surface area contributed by atoms with Crippen molar-refractivity contribution in [2.45, 2.75) is 6.54 Å². The molecule has 1 amide bonds. The van der Waals surface area contributed by atoms with Gasteiger partial charge in [0, 0.05) is 11.6 Å². The van der Waals surface area contributed by atoms with Gasteiger partial charge >= 0.3 is 5.97 Å². The number of amidine groups is 1. The highest BCUT2D eigenvalue weighted by Crippen LogP contribution is 2.36. The molecular weight excluding hydrogens is 496 g/mol. The van der Waals surface area contributed by atoms with Crippen molar-refractivity contribution in [3.05, 3.63) is 118 Å². The smallest absolute Gasteiger partial charge is 0.337 e. The summed E-state index contributed by atoms with van der Waals surface area (Å²) in [5.41, 5.74) is 2.31. The normalized spacial score (nSPS) is 15.7. The molecule has 3 aromatic carbocycles. The molecule has 4 aromatic rings. The van der Waals surface area contributed by atoms with E-state index in [-0.39, 0.29) is 16.5 Å². The molecule has 178 valence electrons. The zero-order chi connectivity index (χ0) is 25.1. The van der Waals surface area contributed by atoms with Gasteiger partial charge in [0.15, 0.2) is 5.17 Å². The van der Waals surface area contributed by atoms with Gasteiger partial charge in [-0.05, 0) is 59.8 Å². The number of carbonyl (C=O) groups is 2. The summed E-state index contributed by atoms with van der Waals surface area (Å²) >= 11 is 7.26. The van der Waals surface area contributed by atoms with Gasteiger partial charge in [0.1, 0.15) is 11.5 Å². The first-order valence-electron chi connectivity index (χ1n) is 11.0. The Hall–Kier alpha value is -4.07. The summed E-state index contributed by atoms with van der Waals surface area (Å²) in [6.45, 7) is 0.391. The molecule has 1 fully saturated rings. The number of aliphatic imine (C=N–C) groups is 1. The SMILES string of the molecule is O=C(O)c1cc(-c2ccc(/C=C3/SC(=Nc4ccccc4)N(Cc4ccccc4)C3=O)o2)ccc1Cl. The second-order valence-electron chi connectivity index (χ2n) is 7.92. The second kappa shape index (κ2) is 10.3. The van der Waals surface area contributed by atoms with Gasteiger partial charge in [-0.15, -0.1) is 0 Å². The van der Waals surface area contributed by atoms with E-state index in [0.717, 1.165) is 11.3 Å². The number of nitrogens with zero attached hydrogens (tertiary/aromatic N) is 2. The van der Waals surface area contributed by atoms with Crippen molar-refractivity contribution < 1.29 is 19.1 Å². The van der Waals surface area contributed by atoms with Crippen LogP contribution in [0, 0.1) is 0 Å². The minimum atomic E-state index is -1.12. The average molecular weight is 515 g/mol. The van der Waals surface area contributed by atoms with E-state index in [1.54, 1.807) is 29.2 Å². The molecule has 2 heterocycles. The molecule has 1 aliphatic rings. The lowest BCUT2D eigenvalue weighted by Gasteiger charge is -2.15. The Morgan fingerprint density at radius 2 is 1.72 bits per heavy atom. The van der Waals surface area contributed by atoms with Crippen molar-refractivity contribution in [1.29, 1.82) is 0 Å². The molecule has 1 aromatic heterocycles. The van der Waals surface area contributed by atoms with Gasteiger partial charge in [-0.2, -0.15) is 0 Å². The fraction of sp³-hybridized carbons (Fsp3) is 0.0357. The highest BCUT2D eigenvalue weighted by molar-refractivity contribution is 8.18. The Balaban J connectivity index is 1.46. The lowest BCUT2D eigenvalue weighted by Crippen LogP contribution is -2.28. The molecule has 5 rings (SSSR count). The van der Waals surface area contributed by atoms with Crippen LogP contribution in [0.2, 0.25) is 5.02 Å². The number of thioether (sulfide) groups is 1. The van der Waals surface area contributed by atoms with E-state index in [1.807, 2.05) is 60.7 Å². The number of carbonyl (C=O) groups excluding carboxylic acids is 1. The van der Waals surface area contributed by atoms with Crippen molar-refractivity contribution in [3.63, 3.8) is 0 Å². The highest BCUT2D eigenvalue weighted by Gasteiger charge is 2.33. The first kappa shape index (κ1) is 23.7. The minimum Gasteiger partial charge on any atom is -0.478 e. The van der Waals surface area contributed by atoms with Crippen LogP contribution in [0.15, 0.2) is 105 Å². The van der Waals surface area contributed by atoms with Crippen LogP contribution in [-0.4, -0.2) is 27.1 Å². The fourth-order valence-corrected chi connectivity index (χ4v) is 4.84. The third-order valence-electron chi connectivity index (χ3n) is 5.43. The predicted octanol–water partition coefficient (Wildman–Crippen LogP) is 7.10. The molecular formula is C28H19ClN2O4S. The van der Waals surface area contributed by atoms with Crippen LogP contribution in [0.5, 0.6) is 0 Å². The Morgan fingerprint density at radius 3 is 2.44 bits per heavy atom. The van der Waals surface area contributed by atoms with Crippen molar-refractivity contribution in [3.8, 4) is 11.3 Å². The van der Waals surface area contributed by atoms with Crippen molar-refractivity contribution in [2.24, 2.45) is 4.99 Å². The lowest BCUT2D eigenvalue weighted by molar-refractivity contribution is -0.122. The van der Waals surface area contributed by atoms with Gasteiger partial charge in [-0.1, -0.05) is 60.1 Å². The molecule has 1 N–H and O–H groups in total. The van der Waals surface area contributed by atoms with Gasteiger partial charge in [0.2, 0.25) is 0 Å². The molecule has 0 bridgehead atoms. The quantitative estimate of drug-likeness (QED) is 0.277. The van der Waals surface area contributed by atoms with Crippen LogP contribution in [0.25, 0.3) is 17.4 Å². The number of benzene rings is 3. The largest absolute Gasteiger partial charge is 0.478 e. The summed E-state index contributed by atoms with van der Waals surface area (Å²) in [4.78, 5) is 31.6. The van der Waals surface area contributed by atoms with E-state index >= 15 is 0 Å². The lowest BCUT2D eigenvalue weighted by atomic mass is 10.1. The summed E-state index contributed by atoms with van der Waals surface area (Å²) < 4.78 is 5.93. The first-order valence-corrected chi connectivity index (χ1v) is 12.2. The molecule has 0 aliphatic carbocycles. The summed E-state index contributed by atoms with van der Waals surface area (Å²) in [5.74, 6) is -0.354. The molecule has 0 unspecified atom stereocenters. The zero-order valence-corrected chi connectivity index (χ0v) is 20.4. The van der Waals surface area contributed by atoms with Crippen LogP contribution in [-0.2, 0) is 11.3 Å². The summed E-state index contributed by atoms with van der Waals surface area (Å²) in [5, 5.41) is 10.1. The van der Waals surface area contributed by atoms with Gasteiger partial charge in [0.25, 0.3) is 5.91 Å². The average Bonchev–Trinajstić information content (AvgIpc) is 3.46. The van der Waals surface area contributed by atoms with E-state index in [4.69, 9.17) is 21.0 Å². The topological polar surface area (TPSA) is 83.1 Å². The third kappa shape index (κ3) is 5.12. The highest BCUT2D eigenvalue weighted by atomic mass is 35.5. The maximum absolute atomic E-state index is 13.4. The number of furan rings is 1. The van der Waals surface area contributed by atoms with E-state index in [0.29, 0.717) is 33.7 Å². The van der Waals surface area contributed by atoms with Crippen LogP contribution < -0.4 is 0 Å². The maximum Gasteiger partial charge on any atom is 0.337 e. The fourth-order valence-electron chi connectivity index (χ4n) is 3.67. The summed E-state index contributed by atoms with van der Waals surface area (Å²) in [6.07, 6.45) is 1.68. The summed E-state index contributed by atoms with van der Waals surface area (Å²) in [7, 11) is 0. The number of amides is 1. The zero-order valence-electron chi connectivity index (χ0n) is 18.8. The number of para-hydroxylation sites is 1. The minimum absolute atomic E-state index is 0.00897. The number of hydrogen-bond donors (Lipinski definition) is 1. The number of rotatable bonds is 6. The molecule has 36 heavy (non-hydrogen) atoms. The molecule has 0 saturated carbocycles. The van der Waals surface area contributed by atoms with Crippen LogP contribution in [0.1, 0.15) is 21.7 Å². The molecule has 0 atom stereocenters. The van der Waals surface area contributed by atoms with Gasteiger partial charge in [0.05, 0.1) is 27.7 Å². The Bertz CT molecular complexity index is 1500.